The van der Waals surface area contributed by atoms with Crippen molar-refractivity contribution in [2.75, 3.05) is 0 Å². The fraction of sp³-hybridized carbons (Fsp3) is 0.0625. The molecule has 0 aromatic heterocycles. The maximum Gasteiger partial charge on any atom is 0.282 e. The zero-order valence-corrected chi connectivity index (χ0v) is 11.4. The van der Waals surface area contributed by atoms with Gasteiger partial charge >= 0.3 is 0 Å². The summed E-state index contributed by atoms with van der Waals surface area (Å²) in [4.78, 5) is 21.2. The molecule has 1 amide bonds. The zero-order chi connectivity index (χ0) is 14.8. The summed E-state index contributed by atoms with van der Waals surface area (Å²) >= 11 is 0. The molecule has 0 spiro atoms. The molecule has 0 saturated carbocycles. The number of aliphatic imine (C=N–C) groups is 1. The third-order valence-electron chi connectivity index (χ3n) is 3.03. The van der Waals surface area contributed by atoms with Gasteiger partial charge in [0.15, 0.2) is 11.7 Å². The molecule has 21 heavy (non-hydrogen) atoms. The van der Waals surface area contributed by atoms with Crippen molar-refractivity contribution in [1.82, 2.24) is 5.06 Å². The topological polar surface area (TPSA) is 65.8 Å². The van der Waals surface area contributed by atoms with Crippen LogP contribution in [-0.4, -0.2) is 22.6 Å². The van der Waals surface area contributed by atoms with Crippen LogP contribution in [0.25, 0.3) is 6.08 Å². The number of benzene rings is 1. The van der Waals surface area contributed by atoms with Crippen LogP contribution in [0.5, 0.6) is 0 Å². The Bertz CT molecular complexity index is 727. The van der Waals surface area contributed by atoms with Crippen LogP contribution in [0.1, 0.15) is 12.5 Å². The molecule has 0 atom stereocenters. The molecular formula is C16H13N3O2. The van der Waals surface area contributed by atoms with Crippen LogP contribution in [0.15, 0.2) is 64.9 Å². The van der Waals surface area contributed by atoms with Crippen LogP contribution < -0.4 is 0 Å². The first-order valence-electron chi connectivity index (χ1n) is 6.47. The minimum Gasteiger partial charge on any atom is -0.376 e. The number of hydroxylamine groups is 2. The van der Waals surface area contributed by atoms with E-state index in [1.807, 2.05) is 36.4 Å². The van der Waals surface area contributed by atoms with Gasteiger partial charge in [-0.3, -0.25) is 10.2 Å². The van der Waals surface area contributed by atoms with Crippen molar-refractivity contribution >= 4 is 23.7 Å². The van der Waals surface area contributed by atoms with Crippen LogP contribution in [-0.2, 0) is 9.63 Å². The first-order valence-corrected chi connectivity index (χ1v) is 6.47. The van der Waals surface area contributed by atoms with Crippen LogP contribution in [0.2, 0.25) is 0 Å². The van der Waals surface area contributed by atoms with E-state index in [4.69, 9.17) is 10.2 Å². The number of rotatable bonds is 2. The lowest BCUT2D eigenvalue weighted by molar-refractivity contribution is -0.114. The highest BCUT2D eigenvalue weighted by atomic mass is 16.7. The number of carbonyl (C=O) groups is 1. The Balaban J connectivity index is 1.84. The number of hydrogen-bond acceptors (Lipinski definition) is 3. The quantitative estimate of drug-likeness (QED) is 0.846. The average molecular weight is 279 g/mol. The first-order chi connectivity index (χ1) is 10.1. The Kier molecular flexibility index (Phi) is 3.23. The Morgan fingerprint density at radius 3 is 2.81 bits per heavy atom. The van der Waals surface area contributed by atoms with Crippen molar-refractivity contribution in [2.45, 2.75) is 6.92 Å². The van der Waals surface area contributed by atoms with E-state index in [0.717, 1.165) is 5.56 Å². The molecule has 3 rings (SSSR count). The molecule has 1 N–H and O–H groups in total. The van der Waals surface area contributed by atoms with E-state index < -0.39 is 5.91 Å². The van der Waals surface area contributed by atoms with Crippen LogP contribution in [0.3, 0.4) is 0 Å². The van der Waals surface area contributed by atoms with Crippen molar-refractivity contribution in [3.8, 4) is 0 Å². The normalized spacial score (nSPS) is 19.7. The molecule has 0 fully saturated rings. The summed E-state index contributed by atoms with van der Waals surface area (Å²) in [5, 5.41) is 9.29. The number of allylic oxidation sites excluding steroid dienone is 3. The van der Waals surface area contributed by atoms with Gasteiger partial charge in [-0.05, 0) is 18.6 Å². The number of amidine groups is 2. The summed E-state index contributed by atoms with van der Waals surface area (Å²) in [5.74, 6) is 0.522. The lowest BCUT2D eigenvalue weighted by atomic mass is 10.1. The predicted molar refractivity (Wildman–Crippen MR) is 80.4 cm³/mol. The molecule has 0 radical (unpaired) electrons. The molecule has 0 saturated heterocycles. The number of amides is 1. The van der Waals surface area contributed by atoms with Crippen LogP contribution in [0.4, 0.5) is 0 Å². The summed E-state index contributed by atoms with van der Waals surface area (Å²) in [7, 11) is 0. The van der Waals surface area contributed by atoms with E-state index in [0.29, 0.717) is 11.6 Å². The molecule has 0 aliphatic carbocycles. The second-order valence-corrected chi connectivity index (χ2v) is 4.61. The molecule has 5 nitrogen and oxygen atoms in total. The van der Waals surface area contributed by atoms with E-state index in [-0.39, 0.29) is 11.4 Å². The number of fused-ring (bicyclic) bond motifs is 1. The van der Waals surface area contributed by atoms with Crippen molar-refractivity contribution in [2.24, 2.45) is 4.99 Å². The third-order valence-corrected chi connectivity index (χ3v) is 3.03. The number of hydrogen-bond donors (Lipinski definition) is 1. The van der Waals surface area contributed by atoms with Crippen LogP contribution in [0, 0.1) is 5.41 Å². The first kappa shape index (κ1) is 13.1. The Morgan fingerprint density at radius 1 is 1.29 bits per heavy atom. The smallest absolute Gasteiger partial charge is 0.282 e. The minimum absolute atomic E-state index is 0.00388. The number of nitrogens with zero attached hydrogens (tertiary/aromatic N) is 2. The van der Waals surface area contributed by atoms with Gasteiger partial charge in [-0.2, -0.15) is 4.99 Å². The highest BCUT2D eigenvalue weighted by Gasteiger charge is 2.33. The molecule has 5 heteroatoms. The van der Waals surface area contributed by atoms with Gasteiger partial charge in [0, 0.05) is 6.08 Å². The molecule has 104 valence electrons. The summed E-state index contributed by atoms with van der Waals surface area (Å²) in [5.41, 5.74) is 1.22. The van der Waals surface area contributed by atoms with Gasteiger partial charge in [-0.15, -0.1) is 5.06 Å². The number of nitrogens with one attached hydrogen (secondary N) is 1. The van der Waals surface area contributed by atoms with Crippen molar-refractivity contribution in [3.05, 3.63) is 65.5 Å². The Labute approximate surface area is 122 Å². The van der Waals surface area contributed by atoms with Crippen LogP contribution >= 0.6 is 0 Å². The Hall–Kier alpha value is -2.95. The lowest BCUT2D eigenvalue weighted by Gasteiger charge is -2.22. The molecule has 0 bridgehead atoms. The molecule has 2 aliphatic rings. The maximum absolute atomic E-state index is 12.0. The van der Waals surface area contributed by atoms with Crippen molar-refractivity contribution < 1.29 is 9.63 Å². The predicted octanol–water partition coefficient (Wildman–Crippen LogP) is 2.69. The fourth-order valence-corrected chi connectivity index (χ4v) is 2.04. The lowest BCUT2D eigenvalue weighted by Crippen LogP contribution is -2.38. The van der Waals surface area contributed by atoms with Gasteiger partial charge in [0.1, 0.15) is 5.76 Å². The highest BCUT2D eigenvalue weighted by molar-refractivity contribution is 6.30. The van der Waals surface area contributed by atoms with Gasteiger partial charge in [0.2, 0.25) is 0 Å². The molecule has 1 aromatic rings. The number of carbonyl (C=O) groups excluding carboxylic acids is 1. The van der Waals surface area contributed by atoms with E-state index in [2.05, 4.69) is 4.99 Å². The minimum atomic E-state index is -0.432. The maximum atomic E-state index is 12.0. The van der Waals surface area contributed by atoms with Gasteiger partial charge in [0.05, 0.1) is 5.57 Å². The standard InChI is InChI=1S/C16H13N3O2/c1-11-10-14-18-16(20)13(15(17)19(14)21-11)9-5-8-12-6-3-2-4-7-12/h2-10,17H,1H3/b8-5+,13-9-,17-15?. The summed E-state index contributed by atoms with van der Waals surface area (Å²) in [6, 6.07) is 9.71. The average Bonchev–Trinajstić information content (AvgIpc) is 2.84. The Morgan fingerprint density at radius 2 is 2.05 bits per heavy atom. The highest BCUT2D eigenvalue weighted by Crippen LogP contribution is 2.22. The van der Waals surface area contributed by atoms with Crippen molar-refractivity contribution in [3.63, 3.8) is 0 Å². The fourth-order valence-electron chi connectivity index (χ4n) is 2.04. The zero-order valence-electron chi connectivity index (χ0n) is 11.4. The summed E-state index contributed by atoms with van der Waals surface area (Å²) in [6.07, 6.45) is 6.80. The van der Waals surface area contributed by atoms with E-state index in [1.54, 1.807) is 25.2 Å². The molecule has 2 aliphatic heterocycles. The van der Waals surface area contributed by atoms with Gasteiger partial charge in [0.25, 0.3) is 5.91 Å². The van der Waals surface area contributed by atoms with E-state index in [9.17, 15) is 4.79 Å². The summed E-state index contributed by atoms with van der Waals surface area (Å²) < 4.78 is 0. The van der Waals surface area contributed by atoms with Crippen molar-refractivity contribution in [1.29, 1.82) is 5.41 Å². The monoisotopic (exact) mass is 279 g/mol. The molecule has 2 heterocycles. The largest absolute Gasteiger partial charge is 0.376 e. The molecule has 1 aromatic carbocycles. The second kappa shape index (κ2) is 5.20. The van der Waals surface area contributed by atoms with Gasteiger partial charge < -0.3 is 4.84 Å². The molecule has 0 unspecified atom stereocenters. The van der Waals surface area contributed by atoms with E-state index >= 15 is 0 Å². The molecular weight excluding hydrogens is 266 g/mol. The SMILES string of the molecule is CC1=CC2=NC(=O)/C(=C\C=C\c3ccccc3)C(=N)N2O1. The van der Waals surface area contributed by atoms with E-state index in [1.165, 1.54) is 5.06 Å². The third kappa shape index (κ3) is 2.53. The second-order valence-electron chi connectivity index (χ2n) is 4.61. The van der Waals surface area contributed by atoms with Gasteiger partial charge in [-0.1, -0.05) is 42.5 Å². The van der Waals surface area contributed by atoms with Gasteiger partial charge in [-0.25, -0.2) is 0 Å². The summed E-state index contributed by atoms with van der Waals surface area (Å²) in [6.45, 7) is 1.75.